The number of carbonyl (C=O) groups is 1. The maximum absolute atomic E-state index is 11.7. The average molecular weight is 433 g/mol. The van der Waals surface area contributed by atoms with E-state index in [9.17, 15) is 9.90 Å². The number of nitrogens with one attached hydrogen (secondary N) is 1. The highest BCUT2D eigenvalue weighted by Crippen LogP contribution is 2.65. The highest BCUT2D eigenvalue weighted by atomic mass is 16.5. The topological polar surface area (TPSA) is 123 Å². The van der Waals surface area contributed by atoms with Crippen LogP contribution in [0.5, 0.6) is 0 Å². The Bertz CT molecular complexity index is 798. The first kappa shape index (κ1) is 22.7. The summed E-state index contributed by atoms with van der Waals surface area (Å²) in [6.45, 7) is 8.68. The normalized spacial score (nSPS) is 47.0. The van der Waals surface area contributed by atoms with Crippen molar-refractivity contribution in [3.05, 3.63) is 11.6 Å². The maximum Gasteiger partial charge on any atom is 0.427 e. The molecule has 6 N–H and O–H groups in total. The van der Waals surface area contributed by atoms with Crippen LogP contribution in [0.25, 0.3) is 0 Å². The van der Waals surface area contributed by atoms with Crippen LogP contribution in [0, 0.1) is 28.6 Å². The lowest BCUT2D eigenvalue weighted by Gasteiger charge is -2.57. The lowest BCUT2D eigenvalue weighted by atomic mass is 9.48. The minimum atomic E-state index is -0.749. The van der Waals surface area contributed by atoms with E-state index in [1.165, 1.54) is 12.0 Å². The van der Waals surface area contributed by atoms with Gasteiger partial charge in [-0.2, -0.15) is 5.10 Å². The van der Waals surface area contributed by atoms with Gasteiger partial charge in [-0.15, -0.1) is 0 Å². The van der Waals surface area contributed by atoms with Crippen LogP contribution in [0.3, 0.4) is 0 Å². The van der Waals surface area contributed by atoms with Crippen LogP contribution in [0.15, 0.2) is 16.8 Å². The number of rotatable bonds is 3. The molecule has 4 aliphatic rings. The molecule has 3 fully saturated rings. The summed E-state index contributed by atoms with van der Waals surface area (Å²) in [6.07, 6.45) is 8.48. The second kappa shape index (κ2) is 7.85. The van der Waals surface area contributed by atoms with E-state index in [0.717, 1.165) is 38.5 Å². The Morgan fingerprint density at radius 2 is 2.10 bits per heavy atom. The van der Waals surface area contributed by atoms with Crippen LogP contribution < -0.4 is 16.9 Å². The van der Waals surface area contributed by atoms with Gasteiger partial charge in [-0.3, -0.25) is 0 Å². The van der Waals surface area contributed by atoms with Gasteiger partial charge in [-0.05, 0) is 87.4 Å². The number of hydrogen-bond donors (Lipinski definition) is 4. The first-order valence-electron chi connectivity index (χ1n) is 11.9. The molecule has 0 aromatic carbocycles. The number of hydrazone groups is 1. The fraction of sp³-hybridized carbons (Fsp3) is 0.833. The Morgan fingerprint density at radius 1 is 1.35 bits per heavy atom. The van der Waals surface area contributed by atoms with E-state index in [1.54, 1.807) is 6.92 Å². The summed E-state index contributed by atoms with van der Waals surface area (Å²) in [6, 6.07) is -0.217. The molecule has 0 spiro atoms. The molecule has 3 saturated carbocycles. The summed E-state index contributed by atoms with van der Waals surface area (Å²) in [5.74, 6) is 1.39. The van der Waals surface area contributed by atoms with Gasteiger partial charge in [0, 0.05) is 6.04 Å². The predicted molar refractivity (Wildman–Crippen MR) is 121 cm³/mol. The zero-order valence-electron chi connectivity index (χ0n) is 19.5. The number of aliphatic hydroxyl groups excluding tert-OH is 1. The van der Waals surface area contributed by atoms with Crippen LogP contribution in [-0.2, 0) is 4.74 Å². The largest absolute Gasteiger partial charge is 0.449 e. The molecule has 8 atom stereocenters. The summed E-state index contributed by atoms with van der Waals surface area (Å²) in [5.41, 5.74) is 18.0. The number of aliphatic hydroxyl groups is 1. The lowest BCUT2D eigenvalue weighted by molar-refractivity contribution is -0.0401. The van der Waals surface area contributed by atoms with Gasteiger partial charge in [-0.1, -0.05) is 25.5 Å². The summed E-state index contributed by atoms with van der Waals surface area (Å²) in [5, 5.41) is 14.5. The molecule has 0 aliphatic heterocycles. The number of nitrogens with two attached hydrogens (primary N) is 2. The molecule has 0 saturated heterocycles. The summed E-state index contributed by atoms with van der Waals surface area (Å²) >= 11 is 0. The van der Waals surface area contributed by atoms with E-state index in [0.29, 0.717) is 30.1 Å². The van der Waals surface area contributed by atoms with Gasteiger partial charge >= 0.3 is 6.09 Å². The third kappa shape index (κ3) is 3.53. The van der Waals surface area contributed by atoms with Crippen molar-refractivity contribution < 1.29 is 14.6 Å². The first-order chi connectivity index (χ1) is 14.5. The Balaban J connectivity index is 1.61. The molecule has 0 aromatic heterocycles. The molecule has 3 unspecified atom stereocenters. The molecule has 0 aromatic rings. The van der Waals surface area contributed by atoms with Gasteiger partial charge in [0.1, 0.15) is 0 Å². The van der Waals surface area contributed by atoms with Crippen molar-refractivity contribution in [2.45, 2.75) is 90.3 Å². The molecule has 0 heterocycles. The van der Waals surface area contributed by atoms with Crippen LogP contribution in [-0.4, -0.2) is 41.2 Å². The molecule has 7 heteroatoms. The van der Waals surface area contributed by atoms with Crippen LogP contribution in [0.4, 0.5) is 4.79 Å². The minimum absolute atomic E-state index is 0.0614. The van der Waals surface area contributed by atoms with E-state index in [2.05, 4.69) is 30.5 Å². The van der Waals surface area contributed by atoms with Gasteiger partial charge in [0.25, 0.3) is 0 Å². The van der Waals surface area contributed by atoms with Crippen LogP contribution in [0.1, 0.15) is 72.6 Å². The van der Waals surface area contributed by atoms with E-state index in [1.807, 2.05) is 6.92 Å². The average Bonchev–Trinajstić information content (AvgIpc) is 2.93. The van der Waals surface area contributed by atoms with Gasteiger partial charge in [0.15, 0.2) is 0 Å². The zero-order valence-corrected chi connectivity index (χ0v) is 19.5. The number of amides is 1. The molecule has 7 nitrogen and oxygen atoms in total. The van der Waals surface area contributed by atoms with E-state index >= 15 is 0 Å². The smallest absolute Gasteiger partial charge is 0.427 e. The molecule has 0 bridgehead atoms. The van der Waals surface area contributed by atoms with Gasteiger partial charge in [-0.25, -0.2) is 10.2 Å². The van der Waals surface area contributed by atoms with E-state index in [4.69, 9.17) is 16.2 Å². The molecule has 4 rings (SSSR count). The number of allylic oxidation sites excluding steroid dienone is 1. The Hall–Kier alpha value is -1.44. The predicted octanol–water partition coefficient (Wildman–Crippen LogP) is 3.07. The summed E-state index contributed by atoms with van der Waals surface area (Å²) in [7, 11) is 0. The van der Waals surface area contributed by atoms with E-state index in [-0.39, 0.29) is 23.0 Å². The fourth-order valence-corrected chi connectivity index (χ4v) is 7.75. The Labute approximate surface area is 186 Å². The highest BCUT2D eigenvalue weighted by Gasteiger charge is 2.64. The number of ether oxygens (including phenoxy) is 1. The van der Waals surface area contributed by atoms with Gasteiger partial charge < -0.3 is 21.3 Å². The third-order valence-corrected chi connectivity index (χ3v) is 9.39. The van der Waals surface area contributed by atoms with Gasteiger partial charge in [0.2, 0.25) is 0 Å². The lowest BCUT2D eigenvalue weighted by Crippen LogP contribution is -2.60. The van der Waals surface area contributed by atoms with E-state index < -0.39 is 11.6 Å². The number of hydrogen-bond acceptors (Lipinski definition) is 6. The summed E-state index contributed by atoms with van der Waals surface area (Å²) < 4.78 is 4.92. The van der Waals surface area contributed by atoms with Crippen molar-refractivity contribution in [3.8, 4) is 0 Å². The van der Waals surface area contributed by atoms with Crippen molar-refractivity contribution >= 4 is 11.8 Å². The maximum atomic E-state index is 11.7. The van der Waals surface area contributed by atoms with Crippen molar-refractivity contribution in [1.82, 2.24) is 5.43 Å². The fourth-order valence-electron chi connectivity index (χ4n) is 7.75. The first-order valence-corrected chi connectivity index (χ1v) is 11.9. The quantitative estimate of drug-likeness (QED) is 0.310. The van der Waals surface area contributed by atoms with Crippen molar-refractivity contribution in [1.29, 1.82) is 0 Å². The second-order valence-corrected chi connectivity index (χ2v) is 11.0. The molecular formula is C24H40N4O3. The highest BCUT2D eigenvalue weighted by molar-refractivity contribution is 5.93. The molecule has 0 radical (unpaired) electrons. The number of fused-ring (bicyclic) bond motifs is 5. The number of nitrogens with zero attached hydrogens (tertiary/aromatic N) is 1. The minimum Gasteiger partial charge on any atom is -0.449 e. The molecule has 4 aliphatic carbocycles. The Kier molecular flexibility index (Phi) is 5.76. The standard InChI is InChI=1S/C24H40N4O3/c1-5-31-21(30)28-27-14(2)24(26)13-22(3)10-9-18-17(19(22)20(24)25)7-6-15-12-16(29)8-11-23(15,18)4/h6,16-20,29H,5,7-13,25-26H2,1-4H3,(H,28,30)/t16-,17?,18?,19?,20+,22+,23-,24+/m0/s1. The van der Waals surface area contributed by atoms with Gasteiger partial charge in [0.05, 0.1) is 24.0 Å². The molecule has 31 heavy (non-hydrogen) atoms. The Morgan fingerprint density at radius 3 is 2.81 bits per heavy atom. The van der Waals surface area contributed by atoms with Crippen LogP contribution >= 0.6 is 0 Å². The molecule has 1 amide bonds. The molecule has 174 valence electrons. The van der Waals surface area contributed by atoms with Crippen molar-refractivity contribution in [2.24, 2.45) is 45.2 Å². The monoisotopic (exact) mass is 432 g/mol. The van der Waals surface area contributed by atoms with Crippen molar-refractivity contribution in [2.75, 3.05) is 6.61 Å². The third-order valence-electron chi connectivity index (χ3n) is 9.39. The molecular weight excluding hydrogens is 392 g/mol. The van der Waals surface area contributed by atoms with Crippen LogP contribution in [0.2, 0.25) is 0 Å². The SMILES string of the molecule is CCOC(=O)NN=C(C)[C@]1(N)C[C@@]2(C)CCC3C(CC=C4C[C@@H](O)CC[C@@]43C)C2[C@H]1N. The number of carbonyl (C=O) groups excluding carboxylic acids is 1. The van der Waals surface area contributed by atoms with Crippen molar-refractivity contribution in [3.63, 3.8) is 0 Å². The zero-order chi connectivity index (χ0) is 22.6. The second-order valence-electron chi connectivity index (χ2n) is 11.0. The summed E-state index contributed by atoms with van der Waals surface area (Å²) in [4.78, 5) is 11.7.